The molecule has 3 aliphatic rings. The second-order valence-electron chi connectivity index (χ2n) is 13.8. The van der Waals surface area contributed by atoms with Crippen LogP contribution in [0.25, 0.3) is 0 Å². The molecule has 0 saturated carbocycles. The largest absolute Gasteiger partial charge is 0.301 e. The Kier molecular flexibility index (Phi) is 8.44. The van der Waals surface area contributed by atoms with Gasteiger partial charge in [-0.05, 0) is 77.6 Å². The van der Waals surface area contributed by atoms with E-state index in [1.807, 2.05) is 0 Å². The third-order valence-electron chi connectivity index (χ3n) is 8.03. The zero-order valence-corrected chi connectivity index (χ0v) is 25.7. The van der Waals surface area contributed by atoms with Crippen LogP contribution >= 0.6 is 17.2 Å². The average Bonchev–Trinajstić information content (AvgIpc) is 2.77. The molecule has 1 aromatic carbocycles. The molecule has 3 fully saturated rings. The van der Waals surface area contributed by atoms with E-state index in [2.05, 4.69) is 97.2 Å². The van der Waals surface area contributed by atoms with Gasteiger partial charge in [0.15, 0.2) is 0 Å². The number of ketones is 1. The minimum Gasteiger partial charge on any atom is -0.301 e. The van der Waals surface area contributed by atoms with Crippen molar-refractivity contribution in [2.24, 2.45) is 5.41 Å². The van der Waals surface area contributed by atoms with E-state index in [-0.39, 0.29) is 33.2 Å². The number of benzene rings is 1. The molecule has 0 spiro atoms. The summed E-state index contributed by atoms with van der Waals surface area (Å²) < 4.78 is 0. The smallest absolute Gasteiger partial charge is 0.134 e. The van der Waals surface area contributed by atoms with E-state index in [0.29, 0.717) is 18.6 Å². The van der Waals surface area contributed by atoms with Crippen molar-refractivity contribution in [2.45, 2.75) is 108 Å². The molecule has 3 saturated heterocycles. The van der Waals surface area contributed by atoms with Crippen molar-refractivity contribution in [3.63, 3.8) is 0 Å². The van der Waals surface area contributed by atoms with Gasteiger partial charge in [0.25, 0.3) is 0 Å². The molecule has 1 aromatic rings. The maximum atomic E-state index is 12.8. The summed E-state index contributed by atoms with van der Waals surface area (Å²) >= 11 is 0. The van der Waals surface area contributed by atoms with Crippen molar-refractivity contribution in [2.75, 3.05) is 26.2 Å². The van der Waals surface area contributed by atoms with Crippen molar-refractivity contribution in [3.8, 4) is 0 Å². The Labute approximate surface area is 223 Å². The summed E-state index contributed by atoms with van der Waals surface area (Å²) in [4.78, 5) is 12.8. The molecule has 7 heteroatoms. The van der Waals surface area contributed by atoms with E-state index in [4.69, 9.17) is 0 Å². The molecule has 3 aliphatic heterocycles. The van der Waals surface area contributed by atoms with Gasteiger partial charge in [-0.25, -0.2) is 0 Å². The van der Waals surface area contributed by atoms with E-state index >= 15 is 0 Å². The van der Waals surface area contributed by atoms with Crippen LogP contribution in [0.4, 0.5) is 0 Å². The number of hydrogen-bond donors (Lipinski definition) is 4. The van der Waals surface area contributed by atoms with Crippen LogP contribution in [0.1, 0.15) is 85.3 Å². The highest BCUT2D eigenvalue weighted by atomic mass is 31.1. The quantitative estimate of drug-likeness (QED) is 0.429. The first-order chi connectivity index (χ1) is 16.7. The van der Waals surface area contributed by atoms with Crippen molar-refractivity contribution >= 4 is 28.2 Å². The molecule has 0 bridgehead atoms. The molecular weight excluding hydrogens is 482 g/mol. The highest BCUT2D eigenvalue weighted by Gasteiger charge is 2.52. The highest BCUT2D eigenvalue weighted by molar-refractivity contribution is 7.69. The van der Waals surface area contributed by atoms with Crippen molar-refractivity contribution < 1.29 is 4.79 Å². The zero-order valence-electron chi connectivity index (χ0n) is 23.7. The van der Waals surface area contributed by atoms with E-state index < -0.39 is 7.92 Å². The van der Waals surface area contributed by atoms with Crippen molar-refractivity contribution in [1.29, 1.82) is 0 Å². The van der Waals surface area contributed by atoms with E-state index in [1.165, 1.54) is 16.4 Å². The first kappa shape index (κ1) is 28.6. The molecule has 4 N–H and O–H groups in total. The zero-order chi connectivity index (χ0) is 26.4. The lowest BCUT2D eigenvalue weighted by atomic mass is 9.84. The lowest BCUT2D eigenvalue weighted by Crippen LogP contribution is -2.69. The Morgan fingerprint density at radius 2 is 1.36 bits per heavy atom. The summed E-state index contributed by atoms with van der Waals surface area (Å²) in [5.74, 6) is 0.415. The Bertz CT molecular complexity index is 905. The molecule has 1 atom stereocenters. The summed E-state index contributed by atoms with van der Waals surface area (Å²) in [6, 6.07) is 7.35. The Balaban J connectivity index is 1.93. The van der Waals surface area contributed by atoms with Gasteiger partial charge in [0.05, 0.1) is 17.5 Å². The standard InChI is InChI=1S/C29H50N4OP2/c1-26(2,3)17-20-10-11-23(36-27(4,5)18-21(34)19-28(36,6)7)22(16-20)29(35,24-30-12-8-13-31-24)25-32-14-9-15-33-25/h10-11,16,24-25,30-33H,8-9,12-15,17-19,35H2,1-7H3. The fourth-order valence-electron chi connectivity index (χ4n) is 6.96. The van der Waals surface area contributed by atoms with Gasteiger partial charge in [0.2, 0.25) is 0 Å². The number of Topliss-reactive ketones (excluding diaryl/α,β-unsaturated/α-hetero) is 1. The molecule has 0 amide bonds. The van der Waals surface area contributed by atoms with Gasteiger partial charge in [-0.3, -0.25) is 4.79 Å². The summed E-state index contributed by atoms with van der Waals surface area (Å²) in [6.07, 6.45) is 4.96. The van der Waals surface area contributed by atoms with Gasteiger partial charge in [-0.15, -0.1) is 9.24 Å². The predicted molar refractivity (Wildman–Crippen MR) is 159 cm³/mol. The van der Waals surface area contributed by atoms with Gasteiger partial charge in [-0.1, -0.05) is 74.6 Å². The van der Waals surface area contributed by atoms with Crippen LogP contribution in [0.5, 0.6) is 0 Å². The summed E-state index contributed by atoms with van der Waals surface area (Å²) in [5.41, 5.74) is 3.04. The van der Waals surface area contributed by atoms with Crippen LogP contribution in [0.3, 0.4) is 0 Å². The normalized spacial score (nSPS) is 24.7. The second-order valence-corrected chi connectivity index (χ2v) is 18.3. The number of carbonyl (C=O) groups excluding carboxylic acids is 1. The molecule has 4 rings (SSSR count). The molecule has 5 nitrogen and oxygen atoms in total. The van der Waals surface area contributed by atoms with E-state index in [0.717, 1.165) is 45.4 Å². The minimum atomic E-state index is -0.598. The van der Waals surface area contributed by atoms with Gasteiger partial charge in [-0.2, -0.15) is 0 Å². The predicted octanol–water partition coefficient (Wildman–Crippen LogP) is 4.19. The van der Waals surface area contributed by atoms with Crippen LogP contribution < -0.4 is 26.6 Å². The minimum absolute atomic E-state index is 0.0408. The monoisotopic (exact) mass is 532 g/mol. The maximum Gasteiger partial charge on any atom is 0.134 e. The van der Waals surface area contributed by atoms with Gasteiger partial charge in [0.1, 0.15) is 5.78 Å². The molecule has 36 heavy (non-hydrogen) atoms. The Morgan fingerprint density at radius 3 is 1.81 bits per heavy atom. The molecule has 0 aliphatic carbocycles. The van der Waals surface area contributed by atoms with E-state index in [9.17, 15) is 4.79 Å². The fraction of sp³-hybridized carbons (Fsp3) is 0.759. The Morgan fingerprint density at radius 1 is 0.889 bits per heavy atom. The molecule has 0 radical (unpaired) electrons. The maximum absolute atomic E-state index is 12.8. The number of nitrogens with one attached hydrogen (secondary N) is 4. The number of rotatable bonds is 5. The summed E-state index contributed by atoms with van der Waals surface area (Å²) in [5, 5.41) is 16.5. The lowest BCUT2D eigenvalue weighted by molar-refractivity contribution is -0.120. The fourth-order valence-corrected chi connectivity index (χ4v) is 12.1. The molecular formula is C29H50N4OP2. The van der Waals surface area contributed by atoms with Crippen LogP contribution in [0, 0.1) is 5.41 Å². The second kappa shape index (κ2) is 10.6. The lowest BCUT2D eigenvalue weighted by Gasteiger charge is -2.53. The van der Waals surface area contributed by atoms with Crippen LogP contribution in [0.2, 0.25) is 0 Å². The molecule has 0 aromatic heterocycles. The summed E-state index contributed by atoms with van der Waals surface area (Å²) in [7, 11) is 2.74. The molecule has 202 valence electrons. The average molecular weight is 533 g/mol. The van der Waals surface area contributed by atoms with Gasteiger partial charge < -0.3 is 21.3 Å². The highest BCUT2D eigenvalue weighted by Crippen LogP contribution is 2.65. The number of carbonyl (C=O) groups is 1. The topological polar surface area (TPSA) is 65.2 Å². The SMILES string of the molecule is CC(C)(C)Cc1ccc(P2C(C)(C)CC(=O)CC2(C)C)c(C(P)(C2NCCCN2)C2NCCCN2)c1. The van der Waals surface area contributed by atoms with E-state index in [1.54, 1.807) is 0 Å². The van der Waals surface area contributed by atoms with Gasteiger partial charge >= 0.3 is 0 Å². The third kappa shape index (κ3) is 5.93. The first-order valence-corrected chi connectivity index (χ1v) is 15.8. The van der Waals surface area contributed by atoms with Gasteiger partial charge in [0, 0.05) is 12.8 Å². The first-order valence-electron chi connectivity index (χ1n) is 13.9. The summed E-state index contributed by atoms with van der Waals surface area (Å²) in [6.45, 7) is 20.4. The third-order valence-corrected chi connectivity index (χ3v) is 12.6. The Hall–Kier alpha value is -0.410. The van der Waals surface area contributed by atoms with Crippen LogP contribution in [0.15, 0.2) is 18.2 Å². The molecule has 1 unspecified atom stereocenters. The van der Waals surface area contributed by atoms with Crippen molar-refractivity contribution in [1.82, 2.24) is 21.3 Å². The van der Waals surface area contributed by atoms with Crippen molar-refractivity contribution in [3.05, 3.63) is 29.3 Å². The molecule has 3 heterocycles. The van der Waals surface area contributed by atoms with Crippen LogP contribution in [-0.2, 0) is 16.4 Å². The number of hydrogen-bond acceptors (Lipinski definition) is 5. The van der Waals surface area contributed by atoms with Crippen LogP contribution in [-0.4, -0.2) is 54.6 Å².